The minimum Gasteiger partial charge on any atom is -0.494 e. The number of hydrogen-bond acceptors (Lipinski definition) is 5. The van der Waals surface area contributed by atoms with Crippen LogP contribution in [-0.2, 0) is 4.74 Å². The summed E-state index contributed by atoms with van der Waals surface area (Å²) in [6.45, 7) is 1.64. The van der Waals surface area contributed by atoms with Gasteiger partial charge in [0.15, 0.2) is 5.75 Å². The number of hydrogen-bond donors (Lipinski definition) is 1. The normalized spacial score (nSPS) is 20.2. The van der Waals surface area contributed by atoms with Crippen molar-refractivity contribution in [3.8, 4) is 5.75 Å². The van der Waals surface area contributed by atoms with E-state index < -0.39 is 0 Å². The van der Waals surface area contributed by atoms with Crippen molar-refractivity contribution in [2.75, 3.05) is 25.6 Å². The van der Waals surface area contributed by atoms with Crippen molar-refractivity contribution < 1.29 is 9.47 Å². The highest BCUT2D eigenvalue weighted by Crippen LogP contribution is 2.12. The predicted octanol–water partition coefficient (Wildman–Crippen LogP) is 1.08. The molecule has 0 aromatic carbocycles. The van der Waals surface area contributed by atoms with Gasteiger partial charge in [0.05, 0.1) is 25.6 Å². The molecule has 5 nitrogen and oxygen atoms in total. The highest BCUT2D eigenvalue weighted by Gasteiger charge is 2.15. The van der Waals surface area contributed by atoms with Crippen molar-refractivity contribution in [3.63, 3.8) is 0 Å². The van der Waals surface area contributed by atoms with Gasteiger partial charge in [0.1, 0.15) is 0 Å². The number of nitrogens with zero attached hydrogens (tertiary/aromatic N) is 2. The second kappa shape index (κ2) is 4.93. The van der Waals surface area contributed by atoms with Crippen molar-refractivity contribution in [1.29, 1.82) is 0 Å². The Bertz CT molecular complexity index is 296. The van der Waals surface area contributed by atoms with E-state index in [1.54, 1.807) is 19.5 Å². The maximum atomic E-state index is 5.48. The first-order valence-corrected chi connectivity index (χ1v) is 5.10. The fourth-order valence-electron chi connectivity index (χ4n) is 1.52. The Morgan fingerprint density at radius 2 is 2.33 bits per heavy atom. The van der Waals surface area contributed by atoms with Crippen molar-refractivity contribution in [2.24, 2.45) is 0 Å². The first-order valence-electron chi connectivity index (χ1n) is 5.10. The average molecular weight is 209 g/mol. The van der Waals surface area contributed by atoms with Crippen LogP contribution in [0.15, 0.2) is 12.4 Å². The molecule has 2 rings (SSSR count). The molecule has 1 saturated heterocycles. The number of ether oxygens (including phenoxy) is 2. The number of rotatable bonds is 4. The lowest BCUT2D eigenvalue weighted by Crippen LogP contribution is -2.19. The largest absolute Gasteiger partial charge is 0.494 e. The van der Waals surface area contributed by atoms with Gasteiger partial charge < -0.3 is 14.8 Å². The summed E-state index contributed by atoms with van der Waals surface area (Å²) in [5.41, 5.74) is 0. The minimum absolute atomic E-state index is 0.302. The summed E-state index contributed by atoms with van der Waals surface area (Å²) in [5, 5.41) is 3.14. The second-order valence-corrected chi connectivity index (χ2v) is 3.46. The van der Waals surface area contributed by atoms with Crippen molar-refractivity contribution in [3.05, 3.63) is 12.4 Å². The smallest absolute Gasteiger partial charge is 0.222 e. The summed E-state index contributed by atoms with van der Waals surface area (Å²) in [4.78, 5) is 8.22. The number of nitrogens with one attached hydrogen (secondary N) is 1. The van der Waals surface area contributed by atoms with Crippen LogP contribution in [-0.4, -0.2) is 36.3 Å². The van der Waals surface area contributed by atoms with E-state index >= 15 is 0 Å². The van der Waals surface area contributed by atoms with Gasteiger partial charge in [-0.3, -0.25) is 0 Å². The molecule has 0 bridgehead atoms. The zero-order valence-electron chi connectivity index (χ0n) is 8.77. The molecule has 1 aliphatic rings. The standard InChI is InChI=1S/C10H15N3O2/c1-14-9-6-12-10(13-7-9)11-5-8-3-2-4-15-8/h6-8H,2-5H2,1H3,(H,11,12,13). The fourth-order valence-corrected chi connectivity index (χ4v) is 1.52. The molecule has 5 heteroatoms. The molecule has 1 N–H and O–H groups in total. The molecule has 1 fully saturated rings. The Kier molecular flexibility index (Phi) is 3.34. The SMILES string of the molecule is COc1cnc(NCC2CCCO2)nc1. The molecule has 15 heavy (non-hydrogen) atoms. The molecule has 0 spiro atoms. The van der Waals surface area contributed by atoms with Gasteiger partial charge in [-0.25, -0.2) is 9.97 Å². The monoisotopic (exact) mass is 209 g/mol. The molecule has 2 heterocycles. The summed E-state index contributed by atoms with van der Waals surface area (Å²) in [5.74, 6) is 1.28. The van der Waals surface area contributed by atoms with Gasteiger partial charge in [-0.05, 0) is 12.8 Å². The first-order chi connectivity index (χ1) is 7.38. The van der Waals surface area contributed by atoms with E-state index in [4.69, 9.17) is 9.47 Å². The van der Waals surface area contributed by atoms with E-state index in [1.807, 2.05) is 0 Å². The highest BCUT2D eigenvalue weighted by atomic mass is 16.5. The van der Waals surface area contributed by atoms with Gasteiger partial charge in [0.2, 0.25) is 5.95 Å². The van der Waals surface area contributed by atoms with Gasteiger partial charge in [-0.15, -0.1) is 0 Å². The molecule has 1 aromatic rings. The number of aromatic nitrogens is 2. The van der Waals surface area contributed by atoms with E-state index in [2.05, 4.69) is 15.3 Å². The molecular weight excluding hydrogens is 194 g/mol. The van der Waals surface area contributed by atoms with Crippen LogP contribution in [0.5, 0.6) is 5.75 Å². The minimum atomic E-state index is 0.302. The number of anilines is 1. The first kappa shape index (κ1) is 10.2. The molecule has 0 amide bonds. The summed E-state index contributed by atoms with van der Waals surface area (Å²) in [6.07, 6.45) is 5.85. The second-order valence-electron chi connectivity index (χ2n) is 3.46. The van der Waals surface area contributed by atoms with E-state index in [9.17, 15) is 0 Å². The maximum Gasteiger partial charge on any atom is 0.222 e. The molecule has 0 saturated carbocycles. The lowest BCUT2D eigenvalue weighted by Gasteiger charge is -2.10. The van der Waals surface area contributed by atoms with Gasteiger partial charge in [0, 0.05) is 13.2 Å². The Labute approximate surface area is 88.8 Å². The molecular formula is C10H15N3O2. The van der Waals surface area contributed by atoms with E-state index in [1.165, 1.54) is 0 Å². The molecule has 1 atom stereocenters. The average Bonchev–Trinajstić information content (AvgIpc) is 2.80. The highest BCUT2D eigenvalue weighted by molar-refractivity contribution is 5.27. The molecule has 1 aromatic heterocycles. The predicted molar refractivity (Wildman–Crippen MR) is 56.0 cm³/mol. The van der Waals surface area contributed by atoms with Crippen molar-refractivity contribution in [1.82, 2.24) is 9.97 Å². The Hall–Kier alpha value is -1.36. The lowest BCUT2D eigenvalue weighted by atomic mass is 10.2. The number of methoxy groups -OCH3 is 1. The van der Waals surface area contributed by atoms with Gasteiger partial charge >= 0.3 is 0 Å². The Morgan fingerprint density at radius 3 is 2.93 bits per heavy atom. The zero-order valence-corrected chi connectivity index (χ0v) is 8.77. The van der Waals surface area contributed by atoms with Crippen LogP contribution >= 0.6 is 0 Å². The topological polar surface area (TPSA) is 56.3 Å². The van der Waals surface area contributed by atoms with Crippen LogP contribution in [0, 0.1) is 0 Å². The molecule has 1 aliphatic heterocycles. The molecule has 0 radical (unpaired) electrons. The van der Waals surface area contributed by atoms with Crippen LogP contribution in [0.2, 0.25) is 0 Å². The van der Waals surface area contributed by atoms with Crippen molar-refractivity contribution in [2.45, 2.75) is 18.9 Å². The third-order valence-corrected chi connectivity index (χ3v) is 2.38. The fraction of sp³-hybridized carbons (Fsp3) is 0.600. The Balaban J connectivity index is 1.82. The summed E-state index contributed by atoms with van der Waals surface area (Å²) in [7, 11) is 1.60. The summed E-state index contributed by atoms with van der Waals surface area (Å²) in [6, 6.07) is 0. The summed E-state index contributed by atoms with van der Waals surface area (Å²) >= 11 is 0. The third-order valence-electron chi connectivity index (χ3n) is 2.38. The molecule has 82 valence electrons. The van der Waals surface area contributed by atoms with Crippen LogP contribution in [0.25, 0.3) is 0 Å². The van der Waals surface area contributed by atoms with Crippen molar-refractivity contribution >= 4 is 5.95 Å². The Morgan fingerprint density at radius 1 is 1.53 bits per heavy atom. The molecule has 0 aliphatic carbocycles. The maximum absolute atomic E-state index is 5.48. The van der Waals surface area contributed by atoms with Crippen LogP contribution in [0.3, 0.4) is 0 Å². The molecule has 1 unspecified atom stereocenters. The quantitative estimate of drug-likeness (QED) is 0.804. The van der Waals surface area contributed by atoms with Gasteiger partial charge in [-0.1, -0.05) is 0 Å². The van der Waals surface area contributed by atoms with Crippen LogP contribution in [0.4, 0.5) is 5.95 Å². The van der Waals surface area contributed by atoms with Crippen LogP contribution < -0.4 is 10.1 Å². The van der Waals surface area contributed by atoms with Crippen LogP contribution in [0.1, 0.15) is 12.8 Å². The van der Waals surface area contributed by atoms with E-state index in [0.29, 0.717) is 17.8 Å². The van der Waals surface area contributed by atoms with E-state index in [-0.39, 0.29) is 0 Å². The van der Waals surface area contributed by atoms with E-state index in [0.717, 1.165) is 26.0 Å². The zero-order chi connectivity index (χ0) is 10.5. The summed E-state index contributed by atoms with van der Waals surface area (Å²) < 4.78 is 10.4. The van der Waals surface area contributed by atoms with Gasteiger partial charge in [0.25, 0.3) is 0 Å². The van der Waals surface area contributed by atoms with Gasteiger partial charge in [-0.2, -0.15) is 0 Å². The third kappa shape index (κ3) is 2.79. The lowest BCUT2D eigenvalue weighted by molar-refractivity contribution is 0.120.